The molecule has 108 valence electrons. The summed E-state index contributed by atoms with van der Waals surface area (Å²) in [7, 11) is 0. The van der Waals surface area contributed by atoms with Gasteiger partial charge in [-0.15, -0.1) is 0 Å². The smallest absolute Gasteiger partial charge is 0.411 e. The lowest BCUT2D eigenvalue weighted by atomic mass is 10.1. The molecule has 0 spiro atoms. The van der Waals surface area contributed by atoms with Crippen molar-refractivity contribution in [2.24, 2.45) is 0 Å². The predicted octanol–water partition coefficient (Wildman–Crippen LogP) is 3.65. The van der Waals surface area contributed by atoms with E-state index in [1.54, 1.807) is 43.3 Å². The van der Waals surface area contributed by atoms with E-state index >= 15 is 0 Å². The number of hydrogen-bond donors (Lipinski definition) is 1. The number of rotatable bonds is 4. The quantitative estimate of drug-likeness (QED) is 0.687. The van der Waals surface area contributed by atoms with E-state index in [2.05, 4.69) is 5.32 Å². The SMILES string of the molecule is Cc1cccc([N+](=O)[O-])c1COC(=O)Nc1ccccc1. The van der Waals surface area contributed by atoms with Gasteiger partial charge in [0.15, 0.2) is 0 Å². The molecule has 2 rings (SSSR count). The highest BCUT2D eigenvalue weighted by molar-refractivity contribution is 5.84. The molecule has 0 saturated carbocycles. The van der Waals surface area contributed by atoms with Crippen molar-refractivity contribution >= 4 is 17.5 Å². The number of nitro groups is 1. The number of amides is 1. The van der Waals surface area contributed by atoms with Crippen LogP contribution < -0.4 is 5.32 Å². The number of nitrogens with zero attached hydrogens (tertiary/aromatic N) is 1. The van der Waals surface area contributed by atoms with Crippen molar-refractivity contribution < 1.29 is 14.5 Å². The van der Waals surface area contributed by atoms with Crippen LogP contribution in [0.25, 0.3) is 0 Å². The van der Waals surface area contributed by atoms with Crippen LogP contribution in [0.5, 0.6) is 0 Å². The molecular formula is C15H14N2O4. The Kier molecular flexibility index (Phi) is 4.50. The first-order valence-electron chi connectivity index (χ1n) is 6.29. The van der Waals surface area contributed by atoms with E-state index in [4.69, 9.17) is 4.74 Å². The molecule has 0 aliphatic heterocycles. The lowest BCUT2D eigenvalue weighted by Crippen LogP contribution is -2.14. The van der Waals surface area contributed by atoms with E-state index in [1.165, 1.54) is 6.07 Å². The molecule has 0 aliphatic carbocycles. The first-order valence-corrected chi connectivity index (χ1v) is 6.29. The minimum Gasteiger partial charge on any atom is -0.444 e. The Morgan fingerprint density at radius 1 is 1.19 bits per heavy atom. The van der Waals surface area contributed by atoms with Gasteiger partial charge < -0.3 is 4.74 Å². The highest BCUT2D eigenvalue weighted by atomic mass is 16.6. The average molecular weight is 286 g/mol. The fourth-order valence-electron chi connectivity index (χ4n) is 1.86. The van der Waals surface area contributed by atoms with Crippen molar-refractivity contribution in [1.29, 1.82) is 0 Å². The van der Waals surface area contributed by atoms with Crippen LogP contribution in [0, 0.1) is 17.0 Å². The molecule has 0 fully saturated rings. The molecule has 0 aromatic heterocycles. The largest absolute Gasteiger partial charge is 0.444 e. The van der Waals surface area contributed by atoms with Gasteiger partial charge in [0.25, 0.3) is 5.69 Å². The third-order valence-corrected chi connectivity index (χ3v) is 2.95. The Labute approximate surface area is 121 Å². The molecule has 0 heterocycles. The maximum Gasteiger partial charge on any atom is 0.411 e. The summed E-state index contributed by atoms with van der Waals surface area (Å²) in [6.07, 6.45) is -0.654. The Balaban J connectivity index is 2.03. The van der Waals surface area contributed by atoms with Gasteiger partial charge >= 0.3 is 6.09 Å². The molecule has 0 saturated heterocycles. The van der Waals surface area contributed by atoms with Crippen molar-refractivity contribution in [3.8, 4) is 0 Å². The zero-order chi connectivity index (χ0) is 15.2. The van der Waals surface area contributed by atoms with Crippen molar-refractivity contribution in [2.75, 3.05) is 5.32 Å². The monoisotopic (exact) mass is 286 g/mol. The second-order valence-electron chi connectivity index (χ2n) is 4.40. The minimum absolute atomic E-state index is 0.0532. The van der Waals surface area contributed by atoms with Crippen LogP contribution in [0.3, 0.4) is 0 Å². The number of carbonyl (C=O) groups is 1. The molecule has 0 atom stereocenters. The second-order valence-corrected chi connectivity index (χ2v) is 4.40. The van der Waals surface area contributed by atoms with Gasteiger partial charge in [0.1, 0.15) is 6.61 Å². The number of para-hydroxylation sites is 1. The van der Waals surface area contributed by atoms with Gasteiger partial charge in [-0.2, -0.15) is 0 Å². The van der Waals surface area contributed by atoms with Crippen LogP contribution in [-0.4, -0.2) is 11.0 Å². The number of aryl methyl sites for hydroxylation is 1. The highest BCUT2D eigenvalue weighted by Gasteiger charge is 2.17. The van der Waals surface area contributed by atoms with Gasteiger partial charge in [0.2, 0.25) is 0 Å². The van der Waals surface area contributed by atoms with Gasteiger partial charge in [0, 0.05) is 11.8 Å². The first-order chi connectivity index (χ1) is 10.1. The van der Waals surface area contributed by atoms with Crippen LogP contribution in [0.2, 0.25) is 0 Å². The molecule has 2 aromatic rings. The van der Waals surface area contributed by atoms with Crippen LogP contribution in [0.1, 0.15) is 11.1 Å². The molecule has 6 heteroatoms. The standard InChI is InChI=1S/C15H14N2O4/c1-11-6-5-9-14(17(19)20)13(11)10-21-15(18)16-12-7-3-2-4-8-12/h2-9H,10H2,1H3,(H,16,18). The molecule has 1 amide bonds. The van der Waals surface area contributed by atoms with E-state index < -0.39 is 11.0 Å². The summed E-state index contributed by atoms with van der Waals surface area (Å²) in [6, 6.07) is 13.5. The molecule has 0 radical (unpaired) electrons. The van der Waals surface area contributed by atoms with Gasteiger partial charge in [-0.3, -0.25) is 15.4 Å². The van der Waals surface area contributed by atoms with Gasteiger partial charge in [-0.1, -0.05) is 30.3 Å². The Morgan fingerprint density at radius 3 is 2.57 bits per heavy atom. The number of ether oxygens (including phenoxy) is 1. The van der Waals surface area contributed by atoms with Crippen LogP contribution in [0.15, 0.2) is 48.5 Å². The number of anilines is 1. The second kappa shape index (κ2) is 6.51. The molecule has 2 aromatic carbocycles. The van der Waals surface area contributed by atoms with Crippen molar-refractivity contribution in [2.45, 2.75) is 13.5 Å². The third-order valence-electron chi connectivity index (χ3n) is 2.95. The molecule has 1 N–H and O–H groups in total. The molecule has 0 bridgehead atoms. The lowest BCUT2D eigenvalue weighted by molar-refractivity contribution is -0.385. The molecular weight excluding hydrogens is 272 g/mol. The first kappa shape index (κ1) is 14.5. The topological polar surface area (TPSA) is 81.5 Å². The summed E-state index contributed by atoms with van der Waals surface area (Å²) in [4.78, 5) is 22.1. The van der Waals surface area contributed by atoms with E-state index in [9.17, 15) is 14.9 Å². The Bertz CT molecular complexity index is 656. The van der Waals surface area contributed by atoms with E-state index in [0.717, 1.165) is 0 Å². The van der Waals surface area contributed by atoms with Crippen LogP contribution >= 0.6 is 0 Å². The number of carbonyl (C=O) groups excluding carboxylic acids is 1. The highest BCUT2D eigenvalue weighted by Crippen LogP contribution is 2.22. The summed E-state index contributed by atoms with van der Waals surface area (Å²) in [5.41, 5.74) is 1.65. The molecule has 6 nitrogen and oxygen atoms in total. The van der Waals surface area contributed by atoms with Gasteiger partial charge in [0.05, 0.1) is 10.5 Å². The van der Waals surface area contributed by atoms with Crippen molar-refractivity contribution in [3.05, 3.63) is 69.8 Å². The number of hydrogen-bond acceptors (Lipinski definition) is 4. The normalized spacial score (nSPS) is 9.95. The maximum absolute atomic E-state index is 11.7. The van der Waals surface area contributed by atoms with Crippen LogP contribution in [0.4, 0.5) is 16.2 Å². The van der Waals surface area contributed by atoms with Crippen molar-refractivity contribution in [3.63, 3.8) is 0 Å². The summed E-state index contributed by atoms with van der Waals surface area (Å²) in [6.45, 7) is 1.59. The summed E-state index contributed by atoms with van der Waals surface area (Å²) in [5.74, 6) is 0. The summed E-state index contributed by atoms with van der Waals surface area (Å²) >= 11 is 0. The van der Waals surface area contributed by atoms with Gasteiger partial charge in [-0.05, 0) is 24.6 Å². The zero-order valence-electron chi connectivity index (χ0n) is 11.4. The maximum atomic E-state index is 11.7. The lowest BCUT2D eigenvalue weighted by Gasteiger charge is -2.09. The van der Waals surface area contributed by atoms with Crippen molar-refractivity contribution in [1.82, 2.24) is 0 Å². The molecule has 0 aliphatic rings. The number of nitro benzene ring substituents is 1. The number of benzene rings is 2. The van der Waals surface area contributed by atoms with E-state index in [-0.39, 0.29) is 12.3 Å². The molecule has 0 unspecified atom stereocenters. The third kappa shape index (κ3) is 3.79. The fourth-order valence-corrected chi connectivity index (χ4v) is 1.86. The predicted molar refractivity (Wildman–Crippen MR) is 78.1 cm³/mol. The minimum atomic E-state index is -0.654. The molecule has 21 heavy (non-hydrogen) atoms. The fraction of sp³-hybridized carbons (Fsp3) is 0.133. The summed E-state index contributed by atoms with van der Waals surface area (Å²) in [5, 5.41) is 13.5. The summed E-state index contributed by atoms with van der Waals surface area (Å²) < 4.78 is 5.05. The van der Waals surface area contributed by atoms with Crippen LogP contribution in [-0.2, 0) is 11.3 Å². The number of nitrogens with one attached hydrogen (secondary N) is 1. The Morgan fingerprint density at radius 2 is 1.90 bits per heavy atom. The van der Waals surface area contributed by atoms with E-state index in [0.29, 0.717) is 16.8 Å². The van der Waals surface area contributed by atoms with E-state index in [1.807, 2.05) is 6.07 Å². The average Bonchev–Trinajstić information content (AvgIpc) is 2.46. The zero-order valence-corrected chi connectivity index (χ0v) is 11.4. The Hall–Kier alpha value is -2.89. The van der Waals surface area contributed by atoms with Gasteiger partial charge in [-0.25, -0.2) is 4.79 Å².